The number of benzene rings is 1. The number of fused-ring (bicyclic) bond motifs is 1. The summed E-state index contributed by atoms with van der Waals surface area (Å²) in [5, 5.41) is 9.82. The fourth-order valence-corrected chi connectivity index (χ4v) is 2.79. The van der Waals surface area contributed by atoms with E-state index in [-0.39, 0.29) is 11.6 Å². The Hall–Kier alpha value is -1.88. The summed E-state index contributed by atoms with van der Waals surface area (Å²) < 4.78 is 18.8. The minimum Gasteiger partial charge on any atom is -0.475 e. The summed E-state index contributed by atoms with van der Waals surface area (Å²) in [5.74, 6) is -1.56. The number of rotatable bonds is 3. The molecule has 106 valence electrons. The Kier molecular flexibility index (Phi) is 3.44. The van der Waals surface area contributed by atoms with Crippen LogP contribution in [-0.4, -0.2) is 29.1 Å². The molecule has 1 aromatic heterocycles. The first-order valence-electron chi connectivity index (χ1n) is 6.82. The molecule has 2 aromatic rings. The number of piperidine rings is 1. The van der Waals surface area contributed by atoms with Gasteiger partial charge in [-0.2, -0.15) is 0 Å². The zero-order valence-electron chi connectivity index (χ0n) is 11.1. The molecule has 0 saturated carbocycles. The quantitative estimate of drug-likeness (QED) is 0.935. The summed E-state index contributed by atoms with van der Waals surface area (Å²) in [4.78, 5) is 13.5. The lowest BCUT2D eigenvalue weighted by Gasteiger charge is -2.26. The number of aromatic carboxylic acids is 1. The number of hydrogen-bond donors (Lipinski definition) is 1. The van der Waals surface area contributed by atoms with Gasteiger partial charge in [0.1, 0.15) is 11.4 Å². The third kappa shape index (κ3) is 2.41. The Morgan fingerprint density at radius 3 is 2.75 bits per heavy atom. The summed E-state index contributed by atoms with van der Waals surface area (Å²) in [6, 6.07) is 4.11. The second-order valence-corrected chi connectivity index (χ2v) is 5.19. The smallest absolute Gasteiger partial charge is 0.372 e. The second kappa shape index (κ2) is 5.25. The molecule has 3 rings (SSSR count). The largest absolute Gasteiger partial charge is 0.475 e. The van der Waals surface area contributed by atoms with Gasteiger partial charge in [-0.15, -0.1) is 0 Å². The van der Waals surface area contributed by atoms with E-state index in [0.29, 0.717) is 23.1 Å². The highest BCUT2D eigenvalue weighted by molar-refractivity contribution is 5.95. The molecule has 20 heavy (non-hydrogen) atoms. The lowest BCUT2D eigenvalue weighted by atomic mass is 10.1. The number of carboxylic acids is 1. The highest BCUT2D eigenvalue weighted by Gasteiger charge is 2.23. The van der Waals surface area contributed by atoms with E-state index in [1.165, 1.54) is 24.6 Å². The van der Waals surface area contributed by atoms with Crippen LogP contribution in [0.1, 0.15) is 35.4 Å². The van der Waals surface area contributed by atoms with Crippen LogP contribution in [-0.2, 0) is 6.54 Å². The lowest BCUT2D eigenvalue weighted by molar-refractivity contribution is 0.0661. The number of carboxylic acid groups (broad SMARTS) is 1. The van der Waals surface area contributed by atoms with Gasteiger partial charge in [-0.3, -0.25) is 4.90 Å². The summed E-state index contributed by atoms with van der Waals surface area (Å²) in [6.07, 6.45) is 3.45. The van der Waals surface area contributed by atoms with Crippen molar-refractivity contribution in [1.82, 2.24) is 4.90 Å². The van der Waals surface area contributed by atoms with E-state index >= 15 is 0 Å². The molecule has 2 heterocycles. The summed E-state index contributed by atoms with van der Waals surface area (Å²) >= 11 is 0. The van der Waals surface area contributed by atoms with Crippen molar-refractivity contribution in [3.8, 4) is 0 Å². The van der Waals surface area contributed by atoms with Crippen LogP contribution in [0.5, 0.6) is 0 Å². The number of hydrogen-bond acceptors (Lipinski definition) is 3. The monoisotopic (exact) mass is 277 g/mol. The third-order valence-corrected chi connectivity index (χ3v) is 3.78. The van der Waals surface area contributed by atoms with Crippen molar-refractivity contribution < 1.29 is 18.7 Å². The van der Waals surface area contributed by atoms with Crippen molar-refractivity contribution in [1.29, 1.82) is 0 Å². The third-order valence-electron chi connectivity index (χ3n) is 3.78. The molecule has 1 N–H and O–H groups in total. The Morgan fingerprint density at radius 2 is 2.05 bits per heavy atom. The molecule has 5 heteroatoms. The van der Waals surface area contributed by atoms with E-state index < -0.39 is 5.97 Å². The van der Waals surface area contributed by atoms with Crippen LogP contribution in [0, 0.1) is 5.82 Å². The topological polar surface area (TPSA) is 53.7 Å². The molecule has 0 spiro atoms. The van der Waals surface area contributed by atoms with Gasteiger partial charge in [0.25, 0.3) is 0 Å². The van der Waals surface area contributed by atoms with Gasteiger partial charge in [0, 0.05) is 17.5 Å². The molecule has 1 saturated heterocycles. The average Bonchev–Trinajstić information content (AvgIpc) is 2.78. The number of likely N-dealkylation sites (tertiary alicyclic amines) is 1. The number of carbonyl (C=O) groups is 1. The Labute approximate surface area is 115 Å². The molecule has 0 atom stereocenters. The predicted molar refractivity (Wildman–Crippen MR) is 72.3 cm³/mol. The molecular weight excluding hydrogens is 261 g/mol. The van der Waals surface area contributed by atoms with Crippen LogP contribution in [0.15, 0.2) is 22.6 Å². The van der Waals surface area contributed by atoms with E-state index in [1.54, 1.807) is 0 Å². The normalized spacial score (nSPS) is 16.6. The van der Waals surface area contributed by atoms with Gasteiger partial charge in [0.15, 0.2) is 0 Å². The van der Waals surface area contributed by atoms with Gasteiger partial charge in [0.2, 0.25) is 5.76 Å². The zero-order chi connectivity index (χ0) is 14.1. The fraction of sp³-hybridized carbons (Fsp3) is 0.400. The van der Waals surface area contributed by atoms with Gasteiger partial charge in [0.05, 0.1) is 0 Å². The van der Waals surface area contributed by atoms with Crippen molar-refractivity contribution in [3.63, 3.8) is 0 Å². The van der Waals surface area contributed by atoms with Gasteiger partial charge in [-0.1, -0.05) is 6.42 Å². The maximum atomic E-state index is 13.4. The predicted octanol–water partition coefficient (Wildman–Crippen LogP) is 3.26. The van der Waals surface area contributed by atoms with Crippen LogP contribution in [0.2, 0.25) is 0 Å². The van der Waals surface area contributed by atoms with Crippen LogP contribution < -0.4 is 0 Å². The van der Waals surface area contributed by atoms with Crippen molar-refractivity contribution in [2.24, 2.45) is 0 Å². The van der Waals surface area contributed by atoms with Crippen molar-refractivity contribution >= 4 is 16.9 Å². The maximum Gasteiger partial charge on any atom is 0.372 e. The average molecular weight is 277 g/mol. The lowest BCUT2D eigenvalue weighted by Crippen LogP contribution is -2.29. The van der Waals surface area contributed by atoms with E-state index in [1.807, 2.05) is 0 Å². The highest BCUT2D eigenvalue weighted by Crippen LogP contribution is 2.28. The molecule has 0 radical (unpaired) electrons. The molecule has 1 aliphatic heterocycles. The highest BCUT2D eigenvalue weighted by atomic mass is 19.1. The molecular formula is C15H16FNO3. The Morgan fingerprint density at radius 1 is 1.30 bits per heavy atom. The summed E-state index contributed by atoms with van der Waals surface area (Å²) in [5.41, 5.74) is 1.00. The van der Waals surface area contributed by atoms with E-state index in [9.17, 15) is 14.3 Å². The molecule has 1 aliphatic rings. The molecule has 0 amide bonds. The van der Waals surface area contributed by atoms with Crippen LogP contribution in [0.3, 0.4) is 0 Å². The minimum atomic E-state index is -1.10. The van der Waals surface area contributed by atoms with E-state index in [2.05, 4.69) is 4.90 Å². The summed E-state index contributed by atoms with van der Waals surface area (Å²) in [7, 11) is 0. The van der Waals surface area contributed by atoms with Crippen LogP contribution in [0.25, 0.3) is 11.0 Å². The minimum absolute atomic E-state index is 0.0730. The van der Waals surface area contributed by atoms with Crippen LogP contribution in [0.4, 0.5) is 4.39 Å². The van der Waals surface area contributed by atoms with Crippen molar-refractivity contribution in [2.75, 3.05) is 13.1 Å². The number of nitrogens with zero attached hydrogens (tertiary/aromatic N) is 1. The first kappa shape index (κ1) is 13.1. The van der Waals surface area contributed by atoms with Crippen molar-refractivity contribution in [3.05, 3.63) is 35.3 Å². The van der Waals surface area contributed by atoms with Crippen LogP contribution >= 0.6 is 0 Å². The Balaban J connectivity index is 2.03. The molecule has 1 fully saturated rings. The molecule has 4 nitrogen and oxygen atoms in total. The number of furan rings is 1. The summed E-state index contributed by atoms with van der Waals surface area (Å²) in [6.45, 7) is 2.39. The molecule has 0 aliphatic carbocycles. The van der Waals surface area contributed by atoms with E-state index in [0.717, 1.165) is 25.9 Å². The van der Waals surface area contributed by atoms with Gasteiger partial charge >= 0.3 is 5.97 Å². The molecule has 0 bridgehead atoms. The standard InChI is InChI=1S/C15H16FNO3/c16-10-4-5-13-11(8-10)12(14(20-13)15(18)19)9-17-6-2-1-3-7-17/h4-5,8H,1-3,6-7,9H2,(H,18,19). The zero-order valence-corrected chi connectivity index (χ0v) is 11.1. The van der Waals surface area contributed by atoms with Crippen molar-refractivity contribution in [2.45, 2.75) is 25.8 Å². The van der Waals surface area contributed by atoms with Gasteiger partial charge in [-0.05, 0) is 44.1 Å². The van der Waals surface area contributed by atoms with Gasteiger partial charge in [-0.25, -0.2) is 9.18 Å². The SMILES string of the molecule is O=C(O)c1oc2ccc(F)cc2c1CN1CCCCC1. The molecule has 0 unspecified atom stereocenters. The first-order valence-corrected chi connectivity index (χ1v) is 6.82. The molecule has 1 aromatic carbocycles. The van der Waals surface area contributed by atoms with E-state index in [4.69, 9.17) is 4.42 Å². The number of halogens is 1. The first-order chi connectivity index (χ1) is 9.65. The fourth-order valence-electron chi connectivity index (χ4n) is 2.79. The Bertz CT molecular complexity index is 644. The maximum absolute atomic E-state index is 13.4. The second-order valence-electron chi connectivity index (χ2n) is 5.19. The van der Waals surface area contributed by atoms with Gasteiger partial charge < -0.3 is 9.52 Å².